The average Bonchev–Trinajstić information content (AvgIpc) is 2.41. The Morgan fingerprint density at radius 1 is 1.42 bits per heavy atom. The van der Waals surface area contributed by atoms with Crippen LogP contribution in [0.2, 0.25) is 0 Å². The Kier molecular flexibility index (Phi) is 4.59. The molecular formula is C16H23NO2. The highest BCUT2D eigenvalue weighted by molar-refractivity contribution is 5.87. The van der Waals surface area contributed by atoms with E-state index < -0.39 is 5.97 Å². The van der Waals surface area contributed by atoms with Crippen LogP contribution in [0.25, 0.3) is 0 Å². The van der Waals surface area contributed by atoms with Crippen LogP contribution < -0.4 is 0 Å². The summed E-state index contributed by atoms with van der Waals surface area (Å²) in [5, 5.41) is 9.03. The molecule has 2 rings (SSSR count). The number of carboxylic acid groups (broad SMARTS) is 1. The molecule has 1 saturated heterocycles. The third-order valence-corrected chi connectivity index (χ3v) is 4.25. The van der Waals surface area contributed by atoms with Crippen LogP contribution in [-0.4, -0.2) is 28.6 Å². The summed E-state index contributed by atoms with van der Waals surface area (Å²) in [6.45, 7) is 6.52. The van der Waals surface area contributed by atoms with Gasteiger partial charge in [0.1, 0.15) is 0 Å². The van der Waals surface area contributed by atoms with Gasteiger partial charge in [0, 0.05) is 19.1 Å². The number of carbonyl (C=O) groups is 1. The molecule has 1 aromatic carbocycles. The van der Waals surface area contributed by atoms with E-state index in [0.29, 0.717) is 11.6 Å². The van der Waals surface area contributed by atoms with Crippen LogP contribution in [0.4, 0.5) is 0 Å². The van der Waals surface area contributed by atoms with Gasteiger partial charge in [0.15, 0.2) is 0 Å². The second-order valence-corrected chi connectivity index (χ2v) is 5.64. The molecule has 104 valence electrons. The molecule has 1 aromatic rings. The van der Waals surface area contributed by atoms with Crippen molar-refractivity contribution in [3.05, 3.63) is 35.4 Å². The van der Waals surface area contributed by atoms with Crippen LogP contribution >= 0.6 is 0 Å². The summed E-state index contributed by atoms with van der Waals surface area (Å²) in [6, 6.07) is 7.90. The summed E-state index contributed by atoms with van der Waals surface area (Å²) >= 11 is 0. The fourth-order valence-corrected chi connectivity index (χ4v) is 2.85. The summed E-state index contributed by atoms with van der Waals surface area (Å²) < 4.78 is 0. The first kappa shape index (κ1) is 14.1. The van der Waals surface area contributed by atoms with Crippen molar-refractivity contribution < 1.29 is 9.90 Å². The minimum Gasteiger partial charge on any atom is -0.478 e. The SMILES string of the molecule is CC[C@@H]1CC[C@H](C)N(Cc2cccc(C(=O)O)c2)C1. The molecule has 0 aromatic heterocycles. The minimum atomic E-state index is -0.847. The lowest BCUT2D eigenvalue weighted by atomic mass is 9.91. The van der Waals surface area contributed by atoms with E-state index in [0.717, 1.165) is 24.6 Å². The second-order valence-electron chi connectivity index (χ2n) is 5.64. The number of piperidine rings is 1. The van der Waals surface area contributed by atoms with Crippen molar-refractivity contribution in [1.29, 1.82) is 0 Å². The van der Waals surface area contributed by atoms with E-state index in [2.05, 4.69) is 18.7 Å². The van der Waals surface area contributed by atoms with E-state index in [1.807, 2.05) is 12.1 Å². The summed E-state index contributed by atoms with van der Waals surface area (Å²) in [5.74, 6) is -0.0566. The van der Waals surface area contributed by atoms with Crippen molar-refractivity contribution in [1.82, 2.24) is 4.90 Å². The first-order chi connectivity index (χ1) is 9.10. The molecule has 2 atom stereocenters. The van der Waals surface area contributed by atoms with Gasteiger partial charge in [-0.25, -0.2) is 4.79 Å². The molecule has 1 heterocycles. The average molecular weight is 261 g/mol. The quantitative estimate of drug-likeness (QED) is 0.903. The Hall–Kier alpha value is -1.35. The number of carboxylic acids is 1. The Bertz CT molecular complexity index is 444. The highest BCUT2D eigenvalue weighted by Gasteiger charge is 2.24. The number of hydrogen-bond donors (Lipinski definition) is 1. The van der Waals surface area contributed by atoms with E-state index in [1.165, 1.54) is 19.3 Å². The van der Waals surface area contributed by atoms with Gasteiger partial charge in [-0.15, -0.1) is 0 Å². The molecule has 3 nitrogen and oxygen atoms in total. The zero-order chi connectivity index (χ0) is 13.8. The maximum Gasteiger partial charge on any atom is 0.335 e. The molecule has 0 spiro atoms. The predicted octanol–water partition coefficient (Wildman–Crippen LogP) is 3.40. The number of rotatable bonds is 4. The number of likely N-dealkylation sites (tertiary alicyclic amines) is 1. The normalized spacial score (nSPS) is 24.3. The number of benzene rings is 1. The van der Waals surface area contributed by atoms with Gasteiger partial charge in [-0.2, -0.15) is 0 Å². The van der Waals surface area contributed by atoms with Crippen LogP contribution in [0.3, 0.4) is 0 Å². The molecule has 19 heavy (non-hydrogen) atoms. The van der Waals surface area contributed by atoms with Gasteiger partial charge in [-0.05, 0) is 43.4 Å². The summed E-state index contributed by atoms with van der Waals surface area (Å²) in [6.07, 6.45) is 3.80. The Labute approximate surface area is 115 Å². The third-order valence-electron chi connectivity index (χ3n) is 4.25. The molecule has 3 heteroatoms. The van der Waals surface area contributed by atoms with Gasteiger partial charge in [0.05, 0.1) is 5.56 Å². The molecule has 0 amide bonds. The van der Waals surface area contributed by atoms with E-state index in [4.69, 9.17) is 5.11 Å². The van der Waals surface area contributed by atoms with Crippen LogP contribution in [-0.2, 0) is 6.54 Å². The van der Waals surface area contributed by atoms with Gasteiger partial charge >= 0.3 is 5.97 Å². The lowest BCUT2D eigenvalue weighted by Gasteiger charge is -2.37. The van der Waals surface area contributed by atoms with Crippen LogP contribution in [0.1, 0.15) is 49.0 Å². The maximum atomic E-state index is 11.0. The van der Waals surface area contributed by atoms with Crippen LogP contribution in [0.15, 0.2) is 24.3 Å². The zero-order valence-corrected chi connectivity index (χ0v) is 11.8. The van der Waals surface area contributed by atoms with Gasteiger partial charge in [-0.1, -0.05) is 25.5 Å². The van der Waals surface area contributed by atoms with Crippen molar-refractivity contribution in [2.45, 2.75) is 45.7 Å². The van der Waals surface area contributed by atoms with Crippen molar-refractivity contribution in [3.63, 3.8) is 0 Å². The molecule has 0 bridgehead atoms. The van der Waals surface area contributed by atoms with E-state index in [-0.39, 0.29) is 0 Å². The molecule has 0 unspecified atom stereocenters. The second kappa shape index (κ2) is 6.20. The van der Waals surface area contributed by atoms with Crippen molar-refractivity contribution in [2.24, 2.45) is 5.92 Å². The van der Waals surface area contributed by atoms with Crippen LogP contribution in [0.5, 0.6) is 0 Å². The van der Waals surface area contributed by atoms with Gasteiger partial charge in [0.25, 0.3) is 0 Å². The monoisotopic (exact) mass is 261 g/mol. The highest BCUT2D eigenvalue weighted by Crippen LogP contribution is 2.25. The maximum absolute atomic E-state index is 11.0. The fourth-order valence-electron chi connectivity index (χ4n) is 2.85. The first-order valence-corrected chi connectivity index (χ1v) is 7.16. The van der Waals surface area contributed by atoms with Gasteiger partial charge in [-0.3, -0.25) is 4.90 Å². The molecule has 1 aliphatic heterocycles. The Morgan fingerprint density at radius 2 is 2.21 bits per heavy atom. The number of nitrogens with zero attached hydrogens (tertiary/aromatic N) is 1. The molecule has 0 radical (unpaired) electrons. The Morgan fingerprint density at radius 3 is 2.89 bits per heavy atom. The molecular weight excluding hydrogens is 238 g/mol. The van der Waals surface area contributed by atoms with Crippen LogP contribution in [0, 0.1) is 5.92 Å². The van der Waals surface area contributed by atoms with Crippen molar-refractivity contribution >= 4 is 5.97 Å². The lowest BCUT2D eigenvalue weighted by Crippen LogP contribution is -2.41. The predicted molar refractivity (Wildman–Crippen MR) is 76.3 cm³/mol. The highest BCUT2D eigenvalue weighted by atomic mass is 16.4. The van der Waals surface area contributed by atoms with Gasteiger partial charge < -0.3 is 5.11 Å². The minimum absolute atomic E-state index is 0.384. The summed E-state index contributed by atoms with van der Waals surface area (Å²) in [7, 11) is 0. The summed E-state index contributed by atoms with van der Waals surface area (Å²) in [5.41, 5.74) is 1.48. The lowest BCUT2D eigenvalue weighted by molar-refractivity contribution is 0.0696. The van der Waals surface area contributed by atoms with Gasteiger partial charge in [0.2, 0.25) is 0 Å². The van der Waals surface area contributed by atoms with E-state index in [9.17, 15) is 4.79 Å². The molecule has 0 saturated carbocycles. The number of aromatic carboxylic acids is 1. The summed E-state index contributed by atoms with van der Waals surface area (Å²) in [4.78, 5) is 13.5. The van der Waals surface area contributed by atoms with E-state index >= 15 is 0 Å². The standard InChI is InChI=1S/C16H23NO2/c1-3-13-8-7-12(2)17(10-13)11-14-5-4-6-15(9-14)16(18)19/h4-6,9,12-13H,3,7-8,10-11H2,1-2H3,(H,18,19)/t12-,13+/m0/s1. The fraction of sp³-hybridized carbons (Fsp3) is 0.562. The molecule has 1 fully saturated rings. The Balaban J connectivity index is 2.06. The largest absolute Gasteiger partial charge is 0.478 e. The smallest absolute Gasteiger partial charge is 0.335 e. The molecule has 0 aliphatic carbocycles. The zero-order valence-electron chi connectivity index (χ0n) is 11.8. The first-order valence-electron chi connectivity index (χ1n) is 7.16. The topological polar surface area (TPSA) is 40.5 Å². The van der Waals surface area contributed by atoms with Crippen molar-refractivity contribution in [3.8, 4) is 0 Å². The van der Waals surface area contributed by atoms with E-state index in [1.54, 1.807) is 12.1 Å². The molecule has 1 aliphatic rings. The third kappa shape index (κ3) is 3.57. The van der Waals surface area contributed by atoms with Crippen molar-refractivity contribution in [2.75, 3.05) is 6.54 Å². The number of hydrogen-bond acceptors (Lipinski definition) is 2. The molecule has 1 N–H and O–H groups in total.